The molecule has 0 bridgehead atoms. The minimum Gasteiger partial charge on any atom is -0.366 e. The average molecular weight is 490 g/mol. The number of urea groups is 1. The molecule has 0 spiro atoms. The molecule has 5 rings (SSSR count). The SMILES string of the molecule is CCc1c(C2CCC(n3cnn(C)c3=O)CC2)ccnc1N1CCN(c2cccc(C(N)=O)c2)C1=O. The van der Waals surface area contributed by atoms with Crippen LogP contribution in [0.4, 0.5) is 16.3 Å². The third-order valence-electron chi connectivity index (χ3n) is 7.51. The van der Waals surface area contributed by atoms with Crippen molar-refractivity contribution in [2.24, 2.45) is 12.8 Å². The van der Waals surface area contributed by atoms with Gasteiger partial charge < -0.3 is 5.73 Å². The van der Waals surface area contributed by atoms with Crippen molar-refractivity contribution >= 4 is 23.4 Å². The van der Waals surface area contributed by atoms with Gasteiger partial charge in [0.15, 0.2) is 0 Å². The molecule has 1 saturated heterocycles. The highest BCUT2D eigenvalue weighted by atomic mass is 16.2. The van der Waals surface area contributed by atoms with E-state index >= 15 is 0 Å². The van der Waals surface area contributed by atoms with Gasteiger partial charge in [-0.25, -0.2) is 19.3 Å². The van der Waals surface area contributed by atoms with Crippen LogP contribution in [0, 0.1) is 0 Å². The molecule has 0 atom stereocenters. The van der Waals surface area contributed by atoms with Gasteiger partial charge in [-0.15, -0.1) is 0 Å². The van der Waals surface area contributed by atoms with E-state index in [1.807, 2.05) is 6.07 Å². The van der Waals surface area contributed by atoms with Crippen molar-refractivity contribution in [1.29, 1.82) is 0 Å². The summed E-state index contributed by atoms with van der Waals surface area (Å²) in [6, 6.07) is 8.93. The van der Waals surface area contributed by atoms with Crippen LogP contribution in [-0.2, 0) is 13.5 Å². The first-order valence-corrected chi connectivity index (χ1v) is 12.5. The molecule has 3 amide bonds. The maximum atomic E-state index is 13.4. The van der Waals surface area contributed by atoms with Gasteiger partial charge in [0.1, 0.15) is 12.1 Å². The molecular weight excluding hydrogens is 458 g/mol. The molecular formula is C26H31N7O3. The van der Waals surface area contributed by atoms with Gasteiger partial charge in [0.05, 0.1) is 0 Å². The number of hydrogen-bond donors (Lipinski definition) is 1. The van der Waals surface area contributed by atoms with E-state index in [0.29, 0.717) is 36.1 Å². The molecule has 10 heteroatoms. The van der Waals surface area contributed by atoms with Crippen molar-refractivity contribution in [3.8, 4) is 0 Å². The van der Waals surface area contributed by atoms with E-state index in [4.69, 9.17) is 5.73 Å². The number of pyridine rings is 1. The van der Waals surface area contributed by atoms with Gasteiger partial charge in [-0.2, -0.15) is 5.10 Å². The molecule has 2 fully saturated rings. The quantitative estimate of drug-likeness (QED) is 0.571. The average Bonchev–Trinajstić information content (AvgIpc) is 3.45. The fourth-order valence-corrected chi connectivity index (χ4v) is 5.59. The lowest BCUT2D eigenvalue weighted by Crippen LogP contribution is -2.33. The maximum Gasteiger partial charge on any atom is 0.345 e. The number of anilines is 2. The number of benzene rings is 1. The van der Waals surface area contributed by atoms with E-state index in [1.165, 1.54) is 10.2 Å². The summed E-state index contributed by atoms with van der Waals surface area (Å²) in [7, 11) is 1.67. The van der Waals surface area contributed by atoms with Crippen LogP contribution in [0.1, 0.15) is 66.1 Å². The summed E-state index contributed by atoms with van der Waals surface area (Å²) in [5.41, 5.74) is 8.71. The number of rotatable bonds is 6. The zero-order valence-electron chi connectivity index (χ0n) is 20.6. The lowest BCUT2D eigenvalue weighted by molar-refractivity contribution is 0.1000. The maximum absolute atomic E-state index is 13.4. The molecule has 10 nitrogen and oxygen atoms in total. The highest BCUT2D eigenvalue weighted by Gasteiger charge is 2.34. The number of nitrogens with zero attached hydrogens (tertiary/aromatic N) is 6. The van der Waals surface area contributed by atoms with Crippen molar-refractivity contribution < 1.29 is 9.59 Å². The summed E-state index contributed by atoms with van der Waals surface area (Å²) in [6.45, 7) is 3.11. The number of hydrogen-bond acceptors (Lipinski definition) is 5. The van der Waals surface area contributed by atoms with Crippen molar-refractivity contribution in [3.63, 3.8) is 0 Å². The number of nitrogens with two attached hydrogens (primary N) is 1. The second kappa shape index (κ2) is 9.60. The highest BCUT2D eigenvalue weighted by Crippen LogP contribution is 2.41. The number of aryl methyl sites for hydroxylation is 1. The minimum atomic E-state index is -0.522. The first kappa shape index (κ1) is 23.8. The Hall–Kier alpha value is -3.95. The Morgan fingerprint density at radius 2 is 1.83 bits per heavy atom. The number of primary amides is 1. The monoisotopic (exact) mass is 489 g/mol. The molecule has 188 valence electrons. The van der Waals surface area contributed by atoms with E-state index in [-0.39, 0.29) is 17.8 Å². The Kier molecular flexibility index (Phi) is 6.34. The van der Waals surface area contributed by atoms with Gasteiger partial charge in [0, 0.05) is 43.6 Å². The third kappa shape index (κ3) is 4.16. The Morgan fingerprint density at radius 3 is 2.50 bits per heavy atom. The van der Waals surface area contributed by atoms with Crippen molar-refractivity contribution in [1.82, 2.24) is 19.3 Å². The van der Waals surface area contributed by atoms with Crippen LogP contribution in [0.25, 0.3) is 0 Å². The van der Waals surface area contributed by atoms with Crippen molar-refractivity contribution in [3.05, 3.63) is 70.0 Å². The van der Waals surface area contributed by atoms with Gasteiger partial charge in [-0.1, -0.05) is 13.0 Å². The fourth-order valence-electron chi connectivity index (χ4n) is 5.59. The summed E-state index contributed by atoms with van der Waals surface area (Å²) >= 11 is 0. The largest absolute Gasteiger partial charge is 0.366 e. The van der Waals surface area contributed by atoms with Crippen LogP contribution in [-0.4, -0.2) is 44.4 Å². The van der Waals surface area contributed by atoms with Crippen molar-refractivity contribution in [2.45, 2.75) is 51.0 Å². The molecule has 0 radical (unpaired) electrons. The van der Waals surface area contributed by atoms with E-state index in [9.17, 15) is 14.4 Å². The van der Waals surface area contributed by atoms with Gasteiger partial charge in [-0.3, -0.25) is 19.2 Å². The zero-order valence-corrected chi connectivity index (χ0v) is 20.6. The minimum absolute atomic E-state index is 0.0719. The highest BCUT2D eigenvalue weighted by molar-refractivity contribution is 6.06. The van der Waals surface area contributed by atoms with Gasteiger partial charge in [0.25, 0.3) is 0 Å². The predicted octanol–water partition coefficient (Wildman–Crippen LogP) is 2.98. The Labute approximate surface area is 209 Å². The van der Waals surface area contributed by atoms with Crippen molar-refractivity contribution in [2.75, 3.05) is 22.9 Å². The van der Waals surface area contributed by atoms with Crippen LogP contribution < -0.4 is 21.2 Å². The molecule has 2 N–H and O–H groups in total. The van der Waals surface area contributed by atoms with E-state index in [1.54, 1.807) is 52.1 Å². The lowest BCUT2D eigenvalue weighted by atomic mass is 9.80. The predicted molar refractivity (Wildman–Crippen MR) is 136 cm³/mol. The smallest absolute Gasteiger partial charge is 0.345 e. The number of amides is 3. The van der Waals surface area contributed by atoms with Crippen LogP contribution in [0.5, 0.6) is 0 Å². The summed E-state index contributed by atoms with van der Waals surface area (Å²) < 4.78 is 3.12. The Balaban J connectivity index is 1.36. The molecule has 1 aliphatic carbocycles. The van der Waals surface area contributed by atoms with Gasteiger partial charge in [0.2, 0.25) is 5.91 Å². The molecule has 1 aromatic carbocycles. The third-order valence-corrected chi connectivity index (χ3v) is 7.51. The summed E-state index contributed by atoms with van der Waals surface area (Å²) in [4.78, 5) is 45.4. The zero-order chi connectivity index (χ0) is 25.4. The van der Waals surface area contributed by atoms with Crippen LogP contribution >= 0.6 is 0 Å². The summed E-state index contributed by atoms with van der Waals surface area (Å²) in [5, 5.41) is 4.09. The van der Waals surface area contributed by atoms with Crippen LogP contribution in [0.2, 0.25) is 0 Å². The normalized spacial score (nSPS) is 20.2. The molecule has 1 saturated carbocycles. The van der Waals surface area contributed by atoms with E-state index < -0.39 is 5.91 Å². The number of aromatic nitrogens is 4. The first-order chi connectivity index (χ1) is 17.4. The molecule has 3 heterocycles. The summed E-state index contributed by atoms with van der Waals surface area (Å²) in [5.74, 6) is 0.539. The number of carbonyl (C=O) groups excluding carboxylic acids is 2. The molecule has 3 aromatic rings. The second-order valence-electron chi connectivity index (χ2n) is 9.51. The fraction of sp³-hybridized carbons (Fsp3) is 0.423. The Bertz CT molecular complexity index is 1350. The van der Waals surface area contributed by atoms with E-state index in [2.05, 4.69) is 23.1 Å². The second-order valence-corrected chi connectivity index (χ2v) is 9.51. The van der Waals surface area contributed by atoms with E-state index in [0.717, 1.165) is 37.7 Å². The first-order valence-electron chi connectivity index (χ1n) is 12.5. The lowest BCUT2D eigenvalue weighted by Gasteiger charge is -2.31. The van der Waals surface area contributed by atoms with Crippen LogP contribution in [0.15, 0.2) is 47.7 Å². The molecule has 0 unspecified atom stereocenters. The molecule has 2 aliphatic rings. The Morgan fingerprint density at radius 1 is 1.08 bits per heavy atom. The summed E-state index contributed by atoms with van der Waals surface area (Å²) in [6.07, 6.45) is 7.93. The van der Waals surface area contributed by atoms with Gasteiger partial charge in [-0.05, 0) is 73.4 Å². The topological polar surface area (TPSA) is 119 Å². The molecule has 1 aliphatic heterocycles. The number of carbonyl (C=O) groups is 2. The standard InChI is InChI=1S/C26H31N7O3/c1-3-21-22(17-7-9-19(10-8-17)33-16-29-30(2)25(33)35)11-12-28-24(21)32-14-13-31(26(32)36)20-6-4-5-18(15-20)23(27)34/h4-6,11-12,15-17,19H,3,7-10,13-14H2,1-2H3,(H2,27,34). The molecule has 36 heavy (non-hydrogen) atoms. The molecule has 2 aromatic heterocycles. The van der Waals surface area contributed by atoms with Gasteiger partial charge >= 0.3 is 11.7 Å². The van der Waals surface area contributed by atoms with Crippen LogP contribution in [0.3, 0.4) is 0 Å².